The van der Waals surface area contributed by atoms with E-state index in [1.807, 2.05) is 39.0 Å². The highest BCUT2D eigenvalue weighted by atomic mass is 16.2. The third kappa shape index (κ3) is 3.78. The van der Waals surface area contributed by atoms with E-state index in [0.717, 1.165) is 17.7 Å². The van der Waals surface area contributed by atoms with Crippen LogP contribution in [0.4, 0.5) is 10.5 Å². The van der Waals surface area contributed by atoms with E-state index in [9.17, 15) is 9.59 Å². The Kier molecular flexibility index (Phi) is 5.06. The number of urea groups is 1. The molecule has 2 rings (SSSR count). The predicted octanol–water partition coefficient (Wildman–Crippen LogP) is 2.51. The molecule has 0 unspecified atom stereocenters. The van der Waals surface area contributed by atoms with Crippen molar-refractivity contribution in [1.29, 1.82) is 0 Å². The molecule has 5 nitrogen and oxygen atoms in total. The monoisotopic (exact) mass is 303 g/mol. The maximum atomic E-state index is 12.2. The van der Waals surface area contributed by atoms with Gasteiger partial charge in [-0.15, -0.1) is 0 Å². The van der Waals surface area contributed by atoms with Gasteiger partial charge in [0, 0.05) is 24.7 Å². The highest BCUT2D eigenvalue weighted by molar-refractivity contribution is 5.96. The summed E-state index contributed by atoms with van der Waals surface area (Å²) in [5.41, 5.74) is 3.27. The summed E-state index contributed by atoms with van der Waals surface area (Å²) in [5.74, 6) is 0.0529. The van der Waals surface area contributed by atoms with Crippen molar-refractivity contribution >= 4 is 17.6 Å². The van der Waals surface area contributed by atoms with Crippen LogP contribution in [0.25, 0.3) is 0 Å². The minimum absolute atomic E-state index is 0.0529. The first-order chi connectivity index (χ1) is 10.4. The van der Waals surface area contributed by atoms with Crippen molar-refractivity contribution in [3.8, 4) is 0 Å². The lowest BCUT2D eigenvalue weighted by Gasteiger charge is -2.19. The summed E-state index contributed by atoms with van der Waals surface area (Å²) in [4.78, 5) is 25.8. The fourth-order valence-corrected chi connectivity index (χ4v) is 2.50. The van der Waals surface area contributed by atoms with Gasteiger partial charge in [0.15, 0.2) is 0 Å². The van der Waals surface area contributed by atoms with Crippen molar-refractivity contribution in [1.82, 2.24) is 10.6 Å². The third-order valence-electron chi connectivity index (χ3n) is 4.25. The lowest BCUT2D eigenvalue weighted by Crippen LogP contribution is -2.46. The number of amides is 3. The molecule has 1 fully saturated rings. The molecule has 3 amide bonds. The highest BCUT2D eigenvalue weighted by Gasteiger charge is 2.31. The molecule has 1 aromatic carbocycles. The van der Waals surface area contributed by atoms with Crippen LogP contribution < -0.4 is 15.5 Å². The Balaban J connectivity index is 1.98. The van der Waals surface area contributed by atoms with Gasteiger partial charge < -0.3 is 15.5 Å². The number of hydrogen-bond donors (Lipinski definition) is 2. The van der Waals surface area contributed by atoms with Crippen LogP contribution in [0.15, 0.2) is 18.2 Å². The zero-order valence-electron chi connectivity index (χ0n) is 13.8. The van der Waals surface area contributed by atoms with Gasteiger partial charge in [-0.05, 0) is 50.5 Å². The zero-order valence-corrected chi connectivity index (χ0v) is 13.8. The molecule has 0 saturated carbocycles. The standard InChI is InChI=1S/C17H25N3O2/c1-5-13(4)18-17(22)19-14-9-16(21)20(10-14)15-7-6-11(2)12(3)8-15/h6-8,13-14H,5,9-10H2,1-4H3,(H2,18,19,22)/t13-,14-/m0/s1. The molecule has 0 spiro atoms. The average molecular weight is 303 g/mol. The van der Waals surface area contributed by atoms with Crippen molar-refractivity contribution in [3.05, 3.63) is 29.3 Å². The fourth-order valence-electron chi connectivity index (χ4n) is 2.50. The van der Waals surface area contributed by atoms with Gasteiger partial charge in [0.1, 0.15) is 0 Å². The summed E-state index contributed by atoms with van der Waals surface area (Å²) < 4.78 is 0. The number of carbonyl (C=O) groups excluding carboxylic acids is 2. The molecule has 120 valence electrons. The van der Waals surface area contributed by atoms with Crippen molar-refractivity contribution < 1.29 is 9.59 Å². The quantitative estimate of drug-likeness (QED) is 0.898. The second-order valence-corrected chi connectivity index (χ2v) is 6.10. The number of hydrogen-bond acceptors (Lipinski definition) is 2. The summed E-state index contributed by atoms with van der Waals surface area (Å²) in [6.45, 7) is 8.59. The fraction of sp³-hybridized carbons (Fsp3) is 0.529. The average Bonchev–Trinajstić information content (AvgIpc) is 2.82. The molecule has 5 heteroatoms. The van der Waals surface area contributed by atoms with Crippen molar-refractivity contribution in [3.63, 3.8) is 0 Å². The first kappa shape index (κ1) is 16.3. The third-order valence-corrected chi connectivity index (χ3v) is 4.25. The lowest BCUT2D eigenvalue weighted by molar-refractivity contribution is -0.117. The second-order valence-electron chi connectivity index (χ2n) is 6.10. The van der Waals surface area contributed by atoms with Crippen LogP contribution >= 0.6 is 0 Å². The van der Waals surface area contributed by atoms with Gasteiger partial charge in [-0.2, -0.15) is 0 Å². The van der Waals surface area contributed by atoms with E-state index in [1.165, 1.54) is 5.56 Å². The summed E-state index contributed by atoms with van der Waals surface area (Å²) in [6.07, 6.45) is 1.23. The molecule has 1 aliphatic rings. The molecule has 22 heavy (non-hydrogen) atoms. The minimum Gasteiger partial charge on any atom is -0.336 e. The molecule has 1 heterocycles. The molecule has 2 N–H and O–H groups in total. The molecular weight excluding hydrogens is 278 g/mol. The number of rotatable bonds is 4. The smallest absolute Gasteiger partial charge is 0.315 e. The van der Waals surface area contributed by atoms with Gasteiger partial charge in [-0.25, -0.2) is 4.79 Å². The normalized spacial score (nSPS) is 19.2. The van der Waals surface area contributed by atoms with Crippen molar-refractivity contribution in [2.75, 3.05) is 11.4 Å². The van der Waals surface area contributed by atoms with Crippen LogP contribution in [0.5, 0.6) is 0 Å². The molecule has 2 atom stereocenters. The highest BCUT2D eigenvalue weighted by Crippen LogP contribution is 2.24. The Bertz CT molecular complexity index is 571. The Morgan fingerprint density at radius 1 is 1.36 bits per heavy atom. The van der Waals surface area contributed by atoms with E-state index in [1.54, 1.807) is 4.90 Å². The number of nitrogens with zero attached hydrogens (tertiary/aromatic N) is 1. The number of carbonyl (C=O) groups is 2. The molecule has 1 saturated heterocycles. The first-order valence-electron chi connectivity index (χ1n) is 7.85. The van der Waals surface area contributed by atoms with E-state index in [0.29, 0.717) is 13.0 Å². The lowest BCUT2D eigenvalue weighted by atomic mass is 10.1. The molecule has 0 bridgehead atoms. The first-order valence-corrected chi connectivity index (χ1v) is 7.85. The molecule has 0 aromatic heterocycles. The van der Waals surface area contributed by atoms with E-state index >= 15 is 0 Å². The maximum absolute atomic E-state index is 12.2. The van der Waals surface area contributed by atoms with Gasteiger partial charge in [0.25, 0.3) is 0 Å². The summed E-state index contributed by atoms with van der Waals surface area (Å²) >= 11 is 0. The summed E-state index contributed by atoms with van der Waals surface area (Å²) in [5, 5.41) is 5.75. The summed E-state index contributed by atoms with van der Waals surface area (Å²) in [6, 6.07) is 5.80. The van der Waals surface area contributed by atoms with Gasteiger partial charge >= 0.3 is 6.03 Å². The van der Waals surface area contributed by atoms with Crippen LogP contribution in [0.2, 0.25) is 0 Å². The number of benzene rings is 1. The number of aryl methyl sites for hydroxylation is 2. The topological polar surface area (TPSA) is 61.4 Å². The van der Waals surface area contributed by atoms with E-state index in [2.05, 4.69) is 17.6 Å². The largest absolute Gasteiger partial charge is 0.336 e. The van der Waals surface area contributed by atoms with Gasteiger partial charge in [-0.1, -0.05) is 13.0 Å². The van der Waals surface area contributed by atoms with Crippen LogP contribution in [-0.2, 0) is 4.79 Å². The Morgan fingerprint density at radius 3 is 2.73 bits per heavy atom. The minimum atomic E-state index is -0.200. The molecular formula is C17H25N3O2. The number of nitrogens with one attached hydrogen (secondary N) is 2. The van der Waals surface area contributed by atoms with Gasteiger partial charge in [0.2, 0.25) is 5.91 Å². The van der Waals surface area contributed by atoms with Gasteiger partial charge in [-0.3, -0.25) is 4.79 Å². The van der Waals surface area contributed by atoms with E-state index in [4.69, 9.17) is 0 Å². The zero-order chi connectivity index (χ0) is 16.3. The van der Waals surface area contributed by atoms with E-state index < -0.39 is 0 Å². The van der Waals surface area contributed by atoms with Crippen LogP contribution in [0.1, 0.15) is 37.8 Å². The predicted molar refractivity (Wildman–Crippen MR) is 88.1 cm³/mol. The number of anilines is 1. The molecule has 1 aromatic rings. The molecule has 1 aliphatic heterocycles. The second kappa shape index (κ2) is 6.81. The molecule has 0 radical (unpaired) electrons. The maximum Gasteiger partial charge on any atom is 0.315 e. The van der Waals surface area contributed by atoms with Crippen LogP contribution in [-0.4, -0.2) is 30.6 Å². The van der Waals surface area contributed by atoms with Crippen LogP contribution in [0.3, 0.4) is 0 Å². The van der Waals surface area contributed by atoms with Crippen LogP contribution in [0, 0.1) is 13.8 Å². The van der Waals surface area contributed by atoms with Crippen molar-refractivity contribution in [2.45, 2.75) is 52.6 Å². The Labute approximate surface area is 132 Å². The summed E-state index contributed by atoms with van der Waals surface area (Å²) in [7, 11) is 0. The van der Waals surface area contributed by atoms with Gasteiger partial charge in [0.05, 0.1) is 6.04 Å². The van der Waals surface area contributed by atoms with E-state index in [-0.39, 0.29) is 24.0 Å². The Morgan fingerprint density at radius 2 is 2.09 bits per heavy atom. The van der Waals surface area contributed by atoms with Crippen molar-refractivity contribution in [2.24, 2.45) is 0 Å². The Hall–Kier alpha value is -2.04. The molecule has 0 aliphatic carbocycles. The SMILES string of the molecule is CC[C@H](C)NC(=O)N[C@H]1CC(=O)N(c2ccc(C)c(C)c2)C1.